The number of hydrogen-bond donors (Lipinski definition) is 0. The van der Waals surface area contributed by atoms with Crippen molar-refractivity contribution in [3.8, 4) is 0 Å². The normalized spacial score (nSPS) is 17.5. The molecule has 3 saturated heterocycles. The molecule has 4 aromatic carbocycles. The molecule has 0 unspecified atom stereocenters. The lowest BCUT2D eigenvalue weighted by Crippen LogP contribution is -2.29. The maximum atomic E-state index is 14.3. The molecule has 51 heavy (non-hydrogen) atoms. The van der Waals surface area contributed by atoms with Crippen LogP contribution in [0.5, 0.6) is 0 Å². The number of rotatable bonds is 3. The number of benzene rings is 4. The molecule has 0 amide bonds. The molecule has 0 bridgehead atoms. The Hall–Kier alpha value is -5.31. The third-order valence-electron chi connectivity index (χ3n) is 11.6. The second-order valence-corrected chi connectivity index (χ2v) is 14.6. The van der Waals surface area contributed by atoms with Gasteiger partial charge in [0.1, 0.15) is 16.7 Å². The van der Waals surface area contributed by atoms with Crippen LogP contribution in [0.3, 0.4) is 0 Å². The molecule has 10 rings (SSSR count). The summed E-state index contributed by atoms with van der Waals surface area (Å²) in [6.07, 6.45) is 10.3. The van der Waals surface area contributed by atoms with Crippen LogP contribution in [0.2, 0.25) is 0 Å². The molecule has 0 spiro atoms. The molecular formula is C42H39N3O6. The summed E-state index contributed by atoms with van der Waals surface area (Å²) >= 11 is 0. The fourth-order valence-corrected chi connectivity index (χ4v) is 9.08. The molecule has 0 aliphatic carbocycles. The predicted molar refractivity (Wildman–Crippen MR) is 205 cm³/mol. The van der Waals surface area contributed by atoms with Crippen LogP contribution in [-0.2, 0) is 0 Å². The Bertz CT molecular complexity index is 2400. The van der Waals surface area contributed by atoms with Gasteiger partial charge in [0.2, 0.25) is 0 Å². The molecular weight excluding hydrogens is 642 g/mol. The van der Waals surface area contributed by atoms with E-state index in [1.807, 2.05) is 54.6 Å². The van der Waals surface area contributed by atoms with Gasteiger partial charge in [0.05, 0.1) is 16.2 Å². The Kier molecular flexibility index (Phi) is 7.11. The number of anilines is 3. The van der Waals surface area contributed by atoms with E-state index in [2.05, 4.69) is 14.7 Å². The summed E-state index contributed by atoms with van der Waals surface area (Å²) in [5.41, 5.74) is 2.32. The summed E-state index contributed by atoms with van der Waals surface area (Å²) in [6, 6.07) is 17.7. The van der Waals surface area contributed by atoms with Crippen LogP contribution in [0.25, 0.3) is 65.2 Å². The maximum absolute atomic E-state index is 14.3. The lowest BCUT2D eigenvalue weighted by molar-refractivity contribution is 0.563. The molecule has 6 heterocycles. The van der Waals surface area contributed by atoms with E-state index in [4.69, 9.17) is 13.3 Å². The molecule has 3 aliphatic rings. The molecule has 9 heteroatoms. The molecule has 9 nitrogen and oxygen atoms in total. The van der Waals surface area contributed by atoms with Gasteiger partial charge in [-0.3, -0.25) is 0 Å². The van der Waals surface area contributed by atoms with Gasteiger partial charge in [-0.05, 0) is 94.2 Å². The molecule has 0 saturated carbocycles. The molecule has 0 radical (unpaired) electrons. The van der Waals surface area contributed by atoms with E-state index in [0.29, 0.717) is 49.1 Å². The van der Waals surface area contributed by atoms with E-state index in [-0.39, 0.29) is 16.2 Å². The quantitative estimate of drug-likeness (QED) is 0.134. The second-order valence-electron chi connectivity index (χ2n) is 14.6. The van der Waals surface area contributed by atoms with E-state index in [0.717, 1.165) is 94.9 Å². The minimum Gasteiger partial charge on any atom is -0.422 e. The highest BCUT2D eigenvalue weighted by molar-refractivity contribution is 6.37. The third-order valence-corrected chi connectivity index (χ3v) is 11.6. The summed E-state index contributed by atoms with van der Waals surface area (Å²) in [6.45, 7) is 5.63. The van der Waals surface area contributed by atoms with Crippen molar-refractivity contribution in [2.24, 2.45) is 0 Å². The Morgan fingerprint density at radius 2 is 0.627 bits per heavy atom. The largest absolute Gasteiger partial charge is 0.422 e. The van der Waals surface area contributed by atoms with Crippen LogP contribution in [0, 0.1) is 0 Å². The first-order chi connectivity index (χ1) is 25.0. The van der Waals surface area contributed by atoms with Gasteiger partial charge in [-0.2, -0.15) is 0 Å². The average molecular weight is 682 g/mol. The molecule has 0 N–H and O–H groups in total. The molecule has 3 aliphatic heterocycles. The van der Waals surface area contributed by atoms with E-state index in [1.54, 1.807) is 0 Å². The summed E-state index contributed by atoms with van der Waals surface area (Å²) in [4.78, 5) is 50.0. The van der Waals surface area contributed by atoms with Crippen molar-refractivity contribution >= 4 is 82.3 Å². The standard InChI is InChI=1S/C42H39N3O6/c46-40-37-34(28-13-10-25(22-31(28)49-40)43-16-4-1-5-17-43)38-36(30-15-12-27(24-33(30)50-41(38)47)45-20-8-3-9-21-45)39-35(37)29-14-11-26(23-32(29)51-42(39)48)44-18-6-2-7-19-44/h10-15,22-24H,1-9,16-21H2. The van der Waals surface area contributed by atoms with Gasteiger partial charge in [-0.15, -0.1) is 0 Å². The van der Waals surface area contributed by atoms with Crippen molar-refractivity contribution < 1.29 is 13.3 Å². The minimum absolute atomic E-state index is 0.191. The molecule has 3 fully saturated rings. The first-order valence-electron chi connectivity index (χ1n) is 18.6. The van der Waals surface area contributed by atoms with Crippen LogP contribution in [0.15, 0.2) is 82.2 Å². The van der Waals surface area contributed by atoms with E-state index >= 15 is 0 Å². The summed E-state index contributed by atoms with van der Waals surface area (Å²) in [7, 11) is 0. The number of hydrogen-bond acceptors (Lipinski definition) is 9. The Balaban J connectivity index is 1.34. The zero-order valence-corrected chi connectivity index (χ0v) is 28.6. The van der Waals surface area contributed by atoms with Crippen LogP contribution in [0.1, 0.15) is 57.8 Å². The third kappa shape index (κ3) is 4.84. The first-order valence-corrected chi connectivity index (χ1v) is 18.6. The van der Waals surface area contributed by atoms with E-state index < -0.39 is 16.9 Å². The molecule has 7 aromatic rings. The summed E-state index contributed by atoms with van der Waals surface area (Å²) in [5.74, 6) is 0. The molecule has 3 aromatic heterocycles. The van der Waals surface area contributed by atoms with Gasteiger partial charge in [-0.1, -0.05) is 0 Å². The van der Waals surface area contributed by atoms with Crippen molar-refractivity contribution in [3.63, 3.8) is 0 Å². The first kappa shape index (κ1) is 30.5. The summed E-state index contributed by atoms with van der Waals surface area (Å²) < 4.78 is 18.4. The monoisotopic (exact) mass is 681 g/mol. The number of nitrogens with zero attached hydrogens (tertiary/aromatic N) is 3. The van der Waals surface area contributed by atoms with E-state index in [9.17, 15) is 14.4 Å². The van der Waals surface area contributed by atoms with Crippen molar-refractivity contribution in [1.82, 2.24) is 0 Å². The molecule has 258 valence electrons. The predicted octanol–water partition coefficient (Wildman–Crippen LogP) is 8.44. The van der Waals surface area contributed by atoms with Crippen molar-refractivity contribution in [1.29, 1.82) is 0 Å². The smallest absolute Gasteiger partial charge is 0.344 e. The fourth-order valence-electron chi connectivity index (χ4n) is 9.08. The second kappa shape index (κ2) is 11.9. The van der Waals surface area contributed by atoms with Gasteiger partial charge in [0.15, 0.2) is 0 Å². The topological polar surface area (TPSA) is 100 Å². The average Bonchev–Trinajstić information content (AvgIpc) is 3.17. The van der Waals surface area contributed by atoms with Crippen LogP contribution >= 0.6 is 0 Å². The van der Waals surface area contributed by atoms with Crippen LogP contribution in [0.4, 0.5) is 17.1 Å². The SMILES string of the molecule is O=c1oc2cc(N3CCCCC3)ccc2c2c1c1c3ccc(N4CCCCC4)cc3oc(=O)c1c1c3ccc(N4CCCCC4)cc3oc(=O)c21. The van der Waals surface area contributed by atoms with Gasteiger partial charge < -0.3 is 28.0 Å². The Labute approximate surface area is 292 Å². The van der Waals surface area contributed by atoms with Gasteiger partial charge >= 0.3 is 16.9 Å². The number of fused-ring (bicyclic) bond motifs is 12. The van der Waals surface area contributed by atoms with Crippen molar-refractivity contribution in [2.45, 2.75) is 57.8 Å². The fraction of sp³-hybridized carbons (Fsp3) is 0.357. The summed E-state index contributed by atoms with van der Waals surface area (Å²) in [5, 5.41) is 3.77. The van der Waals surface area contributed by atoms with Gasteiger partial charge in [0.25, 0.3) is 0 Å². The molecule has 0 atom stereocenters. The highest BCUT2D eigenvalue weighted by Gasteiger charge is 2.26. The minimum atomic E-state index is -0.604. The zero-order chi connectivity index (χ0) is 34.2. The van der Waals surface area contributed by atoms with Crippen molar-refractivity contribution in [3.05, 3.63) is 85.9 Å². The zero-order valence-electron chi connectivity index (χ0n) is 28.6. The van der Waals surface area contributed by atoms with Crippen LogP contribution in [-0.4, -0.2) is 39.3 Å². The maximum Gasteiger partial charge on any atom is 0.344 e. The number of piperidine rings is 3. The van der Waals surface area contributed by atoms with Gasteiger partial charge in [-0.25, -0.2) is 14.4 Å². The highest BCUT2D eigenvalue weighted by Crippen LogP contribution is 2.42. The Morgan fingerprint density at radius 1 is 0.353 bits per heavy atom. The van der Waals surface area contributed by atoms with Crippen molar-refractivity contribution in [2.75, 3.05) is 54.0 Å². The van der Waals surface area contributed by atoms with Gasteiger partial charge in [0, 0.05) is 107 Å². The van der Waals surface area contributed by atoms with Crippen LogP contribution < -0.4 is 31.6 Å². The Morgan fingerprint density at radius 3 is 0.902 bits per heavy atom. The lowest BCUT2D eigenvalue weighted by atomic mass is 9.91. The lowest BCUT2D eigenvalue weighted by Gasteiger charge is -2.29. The highest BCUT2D eigenvalue weighted by atomic mass is 16.4. The van der Waals surface area contributed by atoms with E-state index in [1.165, 1.54) is 19.3 Å².